The summed E-state index contributed by atoms with van der Waals surface area (Å²) in [5, 5.41) is 2.93. The lowest BCUT2D eigenvalue weighted by Gasteiger charge is -2.41. The molecular formula is C15H15N. The molecule has 0 heterocycles. The van der Waals surface area contributed by atoms with Crippen molar-refractivity contribution in [1.82, 2.24) is 0 Å². The third-order valence-corrected chi connectivity index (χ3v) is 4.53. The highest BCUT2D eigenvalue weighted by Crippen LogP contribution is 2.60. The molecule has 0 bridgehead atoms. The van der Waals surface area contributed by atoms with Crippen molar-refractivity contribution >= 4 is 10.8 Å². The average Bonchev–Trinajstić information content (AvgIpc) is 2.51. The molecule has 2 aliphatic carbocycles. The van der Waals surface area contributed by atoms with Crippen molar-refractivity contribution in [2.24, 2.45) is 11.7 Å². The first-order valence-corrected chi connectivity index (χ1v) is 6.12. The summed E-state index contributed by atoms with van der Waals surface area (Å²) < 4.78 is 0. The van der Waals surface area contributed by atoms with Crippen LogP contribution in [0.2, 0.25) is 0 Å². The highest BCUT2D eigenvalue weighted by Gasteiger charge is 2.46. The van der Waals surface area contributed by atoms with Gasteiger partial charge in [0.15, 0.2) is 0 Å². The maximum Gasteiger partial charge on any atom is -0.00426 e. The number of hydrogen-bond acceptors (Lipinski definition) is 1. The molecule has 2 aromatic carbocycles. The van der Waals surface area contributed by atoms with E-state index < -0.39 is 0 Å². The van der Waals surface area contributed by atoms with E-state index in [0.717, 1.165) is 12.5 Å². The van der Waals surface area contributed by atoms with Crippen molar-refractivity contribution < 1.29 is 0 Å². The third-order valence-electron chi connectivity index (χ3n) is 4.53. The zero-order valence-electron chi connectivity index (χ0n) is 9.19. The van der Waals surface area contributed by atoms with E-state index in [1.54, 1.807) is 11.1 Å². The first-order valence-electron chi connectivity index (χ1n) is 6.12. The molecule has 80 valence electrons. The lowest BCUT2D eigenvalue weighted by Crippen LogP contribution is -2.35. The highest BCUT2D eigenvalue weighted by atomic mass is 14.6. The van der Waals surface area contributed by atoms with Crippen LogP contribution in [0.1, 0.15) is 29.4 Å². The molecule has 0 radical (unpaired) electrons. The Labute approximate surface area is 95.3 Å². The molecule has 4 rings (SSSR count). The standard InChI is InChI=1S/C15H15N/c16-8-10-7-13-11-5-1-3-9-4-2-6-12(14(9)11)15(10)13/h1-6,10,13,15H,7-8,16H2/t10-,13-,15+/m0/s1. The van der Waals surface area contributed by atoms with E-state index in [1.165, 1.54) is 17.2 Å². The summed E-state index contributed by atoms with van der Waals surface area (Å²) in [5.74, 6) is 2.18. The summed E-state index contributed by atoms with van der Waals surface area (Å²) >= 11 is 0. The van der Waals surface area contributed by atoms with Gasteiger partial charge >= 0.3 is 0 Å². The Morgan fingerprint density at radius 1 is 1.06 bits per heavy atom. The quantitative estimate of drug-likeness (QED) is 0.767. The Hall–Kier alpha value is -1.34. The minimum absolute atomic E-state index is 0.711. The minimum atomic E-state index is 0.711. The van der Waals surface area contributed by atoms with E-state index >= 15 is 0 Å². The predicted molar refractivity (Wildman–Crippen MR) is 66.6 cm³/mol. The summed E-state index contributed by atoms with van der Waals surface area (Å²) in [7, 11) is 0. The molecule has 1 nitrogen and oxygen atoms in total. The average molecular weight is 209 g/mol. The molecule has 0 amide bonds. The van der Waals surface area contributed by atoms with E-state index in [4.69, 9.17) is 5.73 Å². The molecule has 0 aliphatic heterocycles. The van der Waals surface area contributed by atoms with Gasteiger partial charge in [0.2, 0.25) is 0 Å². The normalized spacial score (nSPS) is 30.2. The first kappa shape index (κ1) is 8.77. The second kappa shape index (κ2) is 2.86. The van der Waals surface area contributed by atoms with Crippen LogP contribution in [-0.4, -0.2) is 6.54 Å². The molecule has 1 saturated carbocycles. The molecule has 0 unspecified atom stereocenters. The minimum Gasteiger partial charge on any atom is -0.330 e. The van der Waals surface area contributed by atoms with Gasteiger partial charge in [-0.25, -0.2) is 0 Å². The van der Waals surface area contributed by atoms with Gasteiger partial charge in [-0.3, -0.25) is 0 Å². The topological polar surface area (TPSA) is 26.0 Å². The van der Waals surface area contributed by atoms with Crippen LogP contribution in [0.5, 0.6) is 0 Å². The van der Waals surface area contributed by atoms with E-state index in [2.05, 4.69) is 36.4 Å². The van der Waals surface area contributed by atoms with Crippen LogP contribution in [-0.2, 0) is 0 Å². The van der Waals surface area contributed by atoms with Gasteiger partial charge in [-0.15, -0.1) is 0 Å². The molecule has 2 aromatic rings. The Kier molecular flexibility index (Phi) is 1.57. The maximum atomic E-state index is 5.85. The van der Waals surface area contributed by atoms with E-state index in [-0.39, 0.29) is 0 Å². The Morgan fingerprint density at radius 3 is 2.56 bits per heavy atom. The maximum absolute atomic E-state index is 5.85. The van der Waals surface area contributed by atoms with Crippen molar-refractivity contribution in [1.29, 1.82) is 0 Å². The molecule has 1 fully saturated rings. The molecule has 1 heteroatoms. The van der Waals surface area contributed by atoms with Crippen molar-refractivity contribution in [3.63, 3.8) is 0 Å². The van der Waals surface area contributed by atoms with Gasteiger partial charge in [-0.05, 0) is 52.6 Å². The van der Waals surface area contributed by atoms with Crippen molar-refractivity contribution in [3.8, 4) is 0 Å². The lowest BCUT2D eigenvalue weighted by molar-refractivity contribution is 0.225. The van der Waals surface area contributed by atoms with Gasteiger partial charge in [0.25, 0.3) is 0 Å². The van der Waals surface area contributed by atoms with Crippen LogP contribution in [0.15, 0.2) is 36.4 Å². The van der Waals surface area contributed by atoms with Crippen molar-refractivity contribution in [2.75, 3.05) is 6.54 Å². The SMILES string of the molecule is NC[C@@H]1C[C@H]2c3cccc4cccc(c34)[C@@H]12. The van der Waals surface area contributed by atoms with Crippen molar-refractivity contribution in [3.05, 3.63) is 47.5 Å². The molecule has 0 aromatic heterocycles. The molecule has 2 N–H and O–H groups in total. The predicted octanol–water partition coefficient (Wildman–Crippen LogP) is 3.00. The van der Waals surface area contributed by atoms with Gasteiger partial charge in [0, 0.05) is 0 Å². The van der Waals surface area contributed by atoms with Gasteiger partial charge in [0.05, 0.1) is 0 Å². The van der Waals surface area contributed by atoms with E-state index in [9.17, 15) is 0 Å². The number of fused-ring (bicyclic) bond motifs is 3. The van der Waals surface area contributed by atoms with Gasteiger partial charge in [0.1, 0.15) is 0 Å². The van der Waals surface area contributed by atoms with Crippen molar-refractivity contribution in [2.45, 2.75) is 18.3 Å². The molecular weight excluding hydrogens is 194 g/mol. The van der Waals surface area contributed by atoms with Crippen LogP contribution >= 0.6 is 0 Å². The molecule has 16 heavy (non-hydrogen) atoms. The fourth-order valence-electron chi connectivity index (χ4n) is 3.77. The number of rotatable bonds is 1. The second-order valence-corrected chi connectivity index (χ2v) is 5.16. The first-order chi connectivity index (χ1) is 7.90. The van der Waals surface area contributed by atoms with Crippen LogP contribution < -0.4 is 5.73 Å². The zero-order chi connectivity index (χ0) is 10.7. The van der Waals surface area contributed by atoms with E-state index in [0.29, 0.717) is 11.8 Å². The highest BCUT2D eigenvalue weighted by molar-refractivity contribution is 5.92. The van der Waals surface area contributed by atoms with Crippen LogP contribution in [0.3, 0.4) is 0 Å². The molecule has 0 saturated heterocycles. The molecule has 3 atom stereocenters. The monoisotopic (exact) mass is 209 g/mol. The van der Waals surface area contributed by atoms with E-state index in [1.807, 2.05) is 0 Å². The van der Waals surface area contributed by atoms with Crippen LogP contribution in [0.25, 0.3) is 10.8 Å². The smallest absolute Gasteiger partial charge is 0.00426 e. The largest absolute Gasteiger partial charge is 0.330 e. The molecule has 2 aliphatic rings. The summed E-state index contributed by atoms with van der Waals surface area (Å²) in [5.41, 5.74) is 8.98. The Morgan fingerprint density at radius 2 is 1.81 bits per heavy atom. The van der Waals surface area contributed by atoms with Gasteiger partial charge < -0.3 is 5.73 Å². The van der Waals surface area contributed by atoms with Crippen LogP contribution in [0, 0.1) is 5.92 Å². The van der Waals surface area contributed by atoms with Gasteiger partial charge in [-0.2, -0.15) is 0 Å². The Bertz CT molecular complexity index is 567. The Balaban J connectivity index is 2.02. The zero-order valence-corrected chi connectivity index (χ0v) is 9.19. The second-order valence-electron chi connectivity index (χ2n) is 5.16. The van der Waals surface area contributed by atoms with Gasteiger partial charge in [-0.1, -0.05) is 36.4 Å². The summed E-state index contributed by atoms with van der Waals surface area (Å²) in [6, 6.07) is 13.5. The number of hydrogen-bond donors (Lipinski definition) is 1. The fraction of sp³-hybridized carbons (Fsp3) is 0.333. The molecule has 0 spiro atoms. The number of benzene rings is 2. The summed E-state index contributed by atoms with van der Waals surface area (Å²) in [6.45, 7) is 0.839. The van der Waals surface area contributed by atoms with Crippen LogP contribution in [0.4, 0.5) is 0 Å². The summed E-state index contributed by atoms with van der Waals surface area (Å²) in [6.07, 6.45) is 1.29. The summed E-state index contributed by atoms with van der Waals surface area (Å²) in [4.78, 5) is 0. The fourth-order valence-corrected chi connectivity index (χ4v) is 3.77. The third kappa shape index (κ3) is 0.863. The lowest BCUT2D eigenvalue weighted by atomic mass is 9.64. The number of nitrogens with two attached hydrogens (primary N) is 1.